The van der Waals surface area contributed by atoms with Crippen molar-refractivity contribution in [2.75, 3.05) is 20.3 Å². The van der Waals surface area contributed by atoms with Gasteiger partial charge in [-0.15, -0.1) is 0 Å². The van der Waals surface area contributed by atoms with Gasteiger partial charge < -0.3 is 19.9 Å². The lowest BCUT2D eigenvalue weighted by molar-refractivity contribution is 0.250. The second-order valence-corrected chi connectivity index (χ2v) is 5.66. The summed E-state index contributed by atoms with van der Waals surface area (Å²) >= 11 is 0. The Balaban J connectivity index is 2.02. The second-order valence-electron chi connectivity index (χ2n) is 5.66. The highest BCUT2D eigenvalue weighted by atomic mass is 16.5. The quantitative estimate of drug-likeness (QED) is 0.803. The van der Waals surface area contributed by atoms with Crippen molar-refractivity contribution in [3.8, 4) is 11.5 Å². The molecule has 20 heavy (non-hydrogen) atoms. The summed E-state index contributed by atoms with van der Waals surface area (Å²) in [4.78, 5) is 0. The van der Waals surface area contributed by atoms with Crippen molar-refractivity contribution in [3.05, 3.63) is 23.3 Å². The van der Waals surface area contributed by atoms with Crippen LogP contribution < -0.4 is 14.8 Å². The fourth-order valence-electron chi connectivity index (χ4n) is 2.60. The number of fused-ring (bicyclic) bond motifs is 1. The highest BCUT2D eigenvalue weighted by molar-refractivity contribution is 5.49. The molecule has 0 amide bonds. The number of ether oxygens (including phenoxy) is 2. The summed E-state index contributed by atoms with van der Waals surface area (Å²) < 4.78 is 11.3. The fourth-order valence-corrected chi connectivity index (χ4v) is 2.60. The SMILES string of the molecule is COc1cc(CNCC(C)CCO)c2c(c1)CC(C)O2. The molecule has 0 fully saturated rings. The summed E-state index contributed by atoms with van der Waals surface area (Å²) in [6.45, 7) is 6.13. The third-order valence-electron chi connectivity index (χ3n) is 3.71. The van der Waals surface area contributed by atoms with E-state index in [4.69, 9.17) is 14.6 Å². The molecule has 1 heterocycles. The average molecular weight is 279 g/mol. The van der Waals surface area contributed by atoms with Crippen LogP contribution in [0.3, 0.4) is 0 Å². The molecule has 4 heteroatoms. The summed E-state index contributed by atoms with van der Waals surface area (Å²) in [6.07, 6.45) is 2.01. The smallest absolute Gasteiger partial charge is 0.127 e. The first-order chi connectivity index (χ1) is 9.63. The first-order valence-corrected chi connectivity index (χ1v) is 7.32. The molecule has 0 aromatic heterocycles. The molecule has 0 bridgehead atoms. The van der Waals surface area contributed by atoms with Gasteiger partial charge in [0.25, 0.3) is 0 Å². The van der Waals surface area contributed by atoms with Gasteiger partial charge in [0.15, 0.2) is 0 Å². The Labute approximate surface area is 121 Å². The van der Waals surface area contributed by atoms with Crippen molar-refractivity contribution < 1.29 is 14.6 Å². The van der Waals surface area contributed by atoms with Gasteiger partial charge in [0.2, 0.25) is 0 Å². The fraction of sp³-hybridized carbons (Fsp3) is 0.625. The van der Waals surface area contributed by atoms with E-state index in [2.05, 4.69) is 25.2 Å². The number of aliphatic hydroxyl groups is 1. The van der Waals surface area contributed by atoms with Crippen LogP contribution in [0, 0.1) is 5.92 Å². The Hall–Kier alpha value is -1.26. The van der Waals surface area contributed by atoms with Crippen LogP contribution in [0.1, 0.15) is 31.4 Å². The molecule has 112 valence electrons. The van der Waals surface area contributed by atoms with Crippen molar-refractivity contribution in [2.45, 2.75) is 39.3 Å². The molecule has 1 aliphatic rings. The zero-order valence-electron chi connectivity index (χ0n) is 12.6. The lowest BCUT2D eigenvalue weighted by Crippen LogP contribution is -2.21. The molecular formula is C16H25NO3. The largest absolute Gasteiger partial charge is 0.497 e. The van der Waals surface area contributed by atoms with Crippen LogP contribution in [0.5, 0.6) is 11.5 Å². The van der Waals surface area contributed by atoms with Crippen LogP contribution >= 0.6 is 0 Å². The van der Waals surface area contributed by atoms with E-state index in [1.807, 2.05) is 6.07 Å². The van der Waals surface area contributed by atoms with E-state index in [1.165, 1.54) is 5.56 Å². The summed E-state index contributed by atoms with van der Waals surface area (Å²) in [5, 5.41) is 12.3. The topological polar surface area (TPSA) is 50.7 Å². The zero-order chi connectivity index (χ0) is 14.5. The van der Waals surface area contributed by atoms with Gasteiger partial charge >= 0.3 is 0 Å². The Bertz CT molecular complexity index is 448. The third kappa shape index (κ3) is 3.64. The number of nitrogens with one attached hydrogen (secondary N) is 1. The van der Waals surface area contributed by atoms with E-state index in [9.17, 15) is 0 Å². The van der Waals surface area contributed by atoms with E-state index < -0.39 is 0 Å². The van der Waals surface area contributed by atoms with Crippen LogP contribution in [0.25, 0.3) is 0 Å². The van der Waals surface area contributed by atoms with Crippen molar-refractivity contribution in [1.29, 1.82) is 0 Å². The minimum Gasteiger partial charge on any atom is -0.497 e. The van der Waals surface area contributed by atoms with Crippen LogP contribution in [0.15, 0.2) is 12.1 Å². The van der Waals surface area contributed by atoms with Gasteiger partial charge in [0, 0.05) is 30.7 Å². The highest BCUT2D eigenvalue weighted by Crippen LogP contribution is 2.36. The summed E-state index contributed by atoms with van der Waals surface area (Å²) in [5.41, 5.74) is 2.39. The van der Waals surface area contributed by atoms with E-state index in [0.29, 0.717) is 5.92 Å². The van der Waals surface area contributed by atoms with Gasteiger partial charge in [0.05, 0.1) is 7.11 Å². The molecule has 0 saturated heterocycles. The Morgan fingerprint density at radius 1 is 1.50 bits per heavy atom. The number of rotatable bonds is 7. The molecule has 2 atom stereocenters. The molecule has 1 aliphatic heterocycles. The van der Waals surface area contributed by atoms with Gasteiger partial charge in [-0.3, -0.25) is 0 Å². The van der Waals surface area contributed by atoms with Gasteiger partial charge in [0.1, 0.15) is 17.6 Å². The molecule has 4 nitrogen and oxygen atoms in total. The Kier molecular flexibility index (Phi) is 5.26. The first kappa shape index (κ1) is 15.1. The van der Waals surface area contributed by atoms with Crippen molar-refractivity contribution >= 4 is 0 Å². The number of hydrogen-bond acceptors (Lipinski definition) is 4. The molecule has 2 N–H and O–H groups in total. The van der Waals surface area contributed by atoms with E-state index in [1.54, 1.807) is 7.11 Å². The van der Waals surface area contributed by atoms with Gasteiger partial charge in [-0.25, -0.2) is 0 Å². The molecule has 0 spiro atoms. The molecule has 2 unspecified atom stereocenters. The standard InChI is InChI=1S/C16H25NO3/c1-11(4-5-18)9-17-10-14-8-15(19-3)7-13-6-12(2)20-16(13)14/h7-8,11-12,17-18H,4-6,9-10H2,1-3H3. The normalized spacial score (nSPS) is 18.5. The van der Waals surface area contributed by atoms with Crippen LogP contribution in [0.4, 0.5) is 0 Å². The lowest BCUT2D eigenvalue weighted by atomic mass is 10.1. The van der Waals surface area contributed by atoms with E-state index >= 15 is 0 Å². The molecule has 2 rings (SSSR count). The number of methoxy groups -OCH3 is 1. The van der Waals surface area contributed by atoms with Crippen molar-refractivity contribution in [1.82, 2.24) is 5.32 Å². The van der Waals surface area contributed by atoms with Crippen molar-refractivity contribution in [3.63, 3.8) is 0 Å². The maximum Gasteiger partial charge on any atom is 0.127 e. The second kappa shape index (κ2) is 6.95. The molecule has 1 aromatic rings. The van der Waals surface area contributed by atoms with E-state index in [0.717, 1.165) is 43.0 Å². The van der Waals surface area contributed by atoms with Gasteiger partial charge in [-0.2, -0.15) is 0 Å². The number of hydrogen-bond donors (Lipinski definition) is 2. The Morgan fingerprint density at radius 2 is 2.30 bits per heavy atom. The minimum absolute atomic E-state index is 0.240. The predicted molar refractivity (Wildman–Crippen MR) is 79.4 cm³/mol. The van der Waals surface area contributed by atoms with Gasteiger partial charge in [-0.1, -0.05) is 6.92 Å². The van der Waals surface area contributed by atoms with Crippen LogP contribution in [0.2, 0.25) is 0 Å². The number of benzene rings is 1. The zero-order valence-corrected chi connectivity index (χ0v) is 12.6. The van der Waals surface area contributed by atoms with Crippen LogP contribution in [-0.2, 0) is 13.0 Å². The molecule has 1 aromatic carbocycles. The molecule has 0 aliphatic carbocycles. The third-order valence-corrected chi connectivity index (χ3v) is 3.71. The van der Waals surface area contributed by atoms with Gasteiger partial charge in [-0.05, 0) is 37.9 Å². The molecular weight excluding hydrogens is 254 g/mol. The highest BCUT2D eigenvalue weighted by Gasteiger charge is 2.23. The number of aliphatic hydroxyl groups excluding tert-OH is 1. The monoisotopic (exact) mass is 279 g/mol. The first-order valence-electron chi connectivity index (χ1n) is 7.32. The summed E-state index contributed by atoms with van der Waals surface area (Å²) in [7, 11) is 1.70. The van der Waals surface area contributed by atoms with E-state index in [-0.39, 0.29) is 12.7 Å². The summed E-state index contributed by atoms with van der Waals surface area (Å²) in [6, 6.07) is 4.11. The average Bonchev–Trinajstić information content (AvgIpc) is 2.79. The maximum absolute atomic E-state index is 8.91. The lowest BCUT2D eigenvalue weighted by Gasteiger charge is -2.14. The predicted octanol–water partition coefficient (Wildman–Crippen LogP) is 2.13. The maximum atomic E-state index is 8.91. The molecule has 0 saturated carbocycles. The molecule has 0 radical (unpaired) electrons. The van der Waals surface area contributed by atoms with Crippen molar-refractivity contribution in [2.24, 2.45) is 5.92 Å². The summed E-state index contributed by atoms with van der Waals surface area (Å²) in [5.74, 6) is 2.38. The minimum atomic E-state index is 0.240. The Morgan fingerprint density at radius 3 is 3.00 bits per heavy atom. The van der Waals surface area contributed by atoms with Crippen LogP contribution in [-0.4, -0.2) is 31.5 Å².